The van der Waals surface area contributed by atoms with Gasteiger partial charge in [0.2, 0.25) is 0 Å². The number of benzene rings is 2. The maximum absolute atomic E-state index is 12.5. The Morgan fingerprint density at radius 1 is 1.05 bits per heavy atom. The van der Waals surface area contributed by atoms with Crippen molar-refractivity contribution >= 4 is 21.7 Å². The summed E-state index contributed by atoms with van der Waals surface area (Å²) in [6, 6.07) is 10.5. The van der Waals surface area contributed by atoms with Crippen LogP contribution in [0, 0.1) is 13.8 Å². The average molecular weight is 343 g/mol. The van der Waals surface area contributed by atoms with E-state index in [-0.39, 0.29) is 5.78 Å². The standard InChI is InChI=1S/C19H19BrO/c1-12-8-17(9-13(2)19(12)20)18(21)11-14-6-7-15-4-3-5-16(15)10-14/h6-10H,3-5,11H2,1-2H3. The molecular weight excluding hydrogens is 324 g/mol. The Morgan fingerprint density at radius 3 is 2.43 bits per heavy atom. The number of aryl methyl sites for hydroxylation is 4. The Hall–Kier alpha value is -1.41. The van der Waals surface area contributed by atoms with Gasteiger partial charge in [-0.1, -0.05) is 34.1 Å². The molecule has 3 rings (SSSR count). The highest BCUT2D eigenvalue weighted by Crippen LogP contribution is 2.25. The van der Waals surface area contributed by atoms with Crippen molar-refractivity contribution in [3.05, 3.63) is 68.2 Å². The smallest absolute Gasteiger partial charge is 0.167 e. The molecule has 2 heteroatoms. The number of fused-ring (bicyclic) bond motifs is 1. The lowest BCUT2D eigenvalue weighted by Gasteiger charge is -2.08. The van der Waals surface area contributed by atoms with Crippen LogP contribution in [0.2, 0.25) is 0 Å². The van der Waals surface area contributed by atoms with Crippen molar-refractivity contribution in [1.29, 1.82) is 0 Å². The maximum atomic E-state index is 12.5. The lowest BCUT2D eigenvalue weighted by atomic mass is 9.97. The van der Waals surface area contributed by atoms with Crippen LogP contribution in [0.3, 0.4) is 0 Å². The molecule has 0 aliphatic heterocycles. The minimum Gasteiger partial charge on any atom is -0.294 e. The van der Waals surface area contributed by atoms with Gasteiger partial charge in [-0.25, -0.2) is 0 Å². The number of ketones is 1. The van der Waals surface area contributed by atoms with E-state index in [1.54, 1.807) is 0 Å². The second-order valence-corrected chi connectivity index (χ2v) is 6.77. The fourth-order valence-electron chi connectivity index (χ4n) is 3.13. The molecule has 2 aromatic carbocycles. The molecular formula is C19H19BrO. The van der Waals surface area contributed by atoms with Crippen molar-refractivity contribution in [2.75, 3.05) is 0 Å². The molecule has 0 spiro atoms. The van der Waals surface area contributed by atoms with Gasteiger partial charge in [-0.05, 0) is 73.1 Å². The molecule has 0 bridgehead atoms. The average Bonchev–Trinajstić information content (AvgIpc) is 2.91. The van der Waals surface area contributed by atoms with Crippen molar-refractivity contribution in [3.8, 4) is 0 Å². The van der Waals surface area contributed by atoms with Crippen LogP contribution in [0.4, 0.5) is 0 Å². The first-order valence-corrected chi connectivity index (χ1v) is 8.24. The highest BCUT2D eigenvalue weighted by Gasteiger charge is 2.14. The third-order valence-corrected chi connectivity index (χ3v) is 5.54. The predicted octanol–water partition coefficient (Wildman–Crippen LogP) is 4.98. The quantitative estimate of drug-likeness (QED) is 0.719. The molecule has 1 nitrogen and oxygen atoms in total. The van der Waals surface area contributed by atoms with Gasteiger partial charge in [-0.15, -0.1) is 0 Å². The third-order valence-electron chi connectivity index (χ3n) is 4.29. The van der Waals surface area contributed by atoms with E-state index in [0.29, 0.717) is 6.42 Å². The summed E-state index contributed by atoms with van der Waals surface area (Å²) in [6.45, 7) is 4.06. The molecule has 0 unspecified atom stereocenters. The molecule has 0 aromatic heterocycles. The van der Waals surface area contributed by atoms with Gasteiger partial charge in [0.05, 0.1) is 0 Å². The zero-order valence-electron chi connectivity index (χ0n) is 12.5. The first kappa shape index (κ1) is 14.5. The van der Waals surface area contributed by atoms with Crippen LogP contribution in [-0.2, 0) is 19.3 Å². The highest BCUT2D eigenvalue weighted by molar-refractivity contribution is 9.10. The summed E-state index contributed by atoms with van der Waals surface area (Å²) >= 11 is 3.55. The second kappa shape index (κ2) is 5.76. The van der Waals surface area contributed by atoms with E-state index in [1.165, 1.54) is 24.0 Å². The molecule has 108 valence electrons. The number of Topliss-reactive ketones (excluding diaryl/α,β-unsaturated/α-hetero) is 1. The summed E-state index contributed by atoms with van der Waals surface area (Å²) in [5, 5.41) is 0. The molecule has 2 aromatic rings. The molecule has 1 aliphatic carbocycles. The Labute approximate surface area is 134 Å². The summed E-state index contributed by atoms with van der Waals surface area (Å²) < 4.78 is 1.09. The number of carbonyl (C=O) groups excluding carboxylic acids is 1. The molecule has 21 heavy (non-hydrogen) atoms. The van der Waals surface area contributed by atoms with Gasteiger partial charge in [0.25, 0.3) is 0 Å². The van der Waals surface area contributed by atoms with Crippen molar-refractivity contribution in [3.63, 3.8) is 0 Å². The monoisotopic (exact) mass is 342 g/mol. The highest BCUT2D eigenvalue weighted by atomic mass is 79.9. The van der Waals surface area contributed by atoms with Crippen LogP contribution in [0.25, 0.3) is 0 Å². The summed E-state index contributed by atoms with van der Waals surface area (Å²) in [4.78, 5) is 12.5. The van der Waals surface area contributed by atoms with E-state index in [0.717, 1.165) is 33.1 Å². The number of hydrogen-bond donors (Lipinski definition) is 0. The third kappa shape index (κ3) is 2.96. The van der Waals surface area contributed by atoms with Gasteiger partial charge in [0.1, 0.15) is 0 Å². The SMILES string of the molecule is Cc1cc(C(=O)Cc2ccc3c(c2)CCC3)cc(C)c1Br. The van der Waals surface area contributed by atoms with E-state index in [1.807, 2.05) is 26.0 Å². The molecule has 0 heterocycles. The Kier molecular flexibility index (Phi) is 3.99. The zero-order chi connectivity index (χ0) is 15.0. The largest absolute Gasteiger partial charge is 0.294 e. The van der Waals surface area contributed by atoms with Gasteiger partial charge in [0, 0.05) is 16.5 Å². The molecule has 0 atom stereocenters. The van der Waals surface area contributed by atoms with E-state index >= 15 is 0 Å². The lowest BCUT2D eigenvalue weighted by molar-refractivity contribution is 0.0993. The minimum absolute atomic E-state index is 0.201. The number of hydrogen-bond acceptors (Lipinski definition) is 1. The molecule has 0 radical (unpaired) electrons. The summed E-state index contributed by atoms with van der Waals surface area (Å²) in [5.74, 6) is 0.201. The lowest BCUT2D eigenvalue weighted by Crippen LogP contribution is -2.05. The first-order chi connectivity index (χ1) is 10.0. The van der Waals surface area contributed by atoms with Crippen LogP contribution in [0.15, 0.2) is 34.8 Å². The van der Waals surface area contributed by atoms with Crippen molar-refractivity contribution in [2.45, 2.75) is 39.5 Å². The topological polar surface area (TPSA) is 17.1 Å². The van der Waals surface area contributed by atoms with E-state index in [2.05, 4.69) is 34.1 Å². The summed E-state index contributed by atoms with van der Waals surface area (Å²) in [6.07, 6.45) is 4.09. The van der Waals surface area contributed by atoms with E-state index in [4.69, 9.17) is 0 Å². The van der Waals surface area contributed by atoms with Crippen LogP contribution in [0.1, 0.15) is 44.6 Å². The molecule has 0 saturated heterocycles. The fourth-order valence-corrected chi connectivity index (χ4v) is 3.36. The fraction of sp³-hybridized carbons (Fsp3) is 0.316. The second-order valence-electron chi connectivity index (χ2n) is 5.98. The molecule has 0 saturated carbocycles. The van der Waals surface area contributed by atoms with Gasteiger partial charge >= 0.3 is 0 Å². The Morgan fingerprint density at radius 2 is 1.71 bits per heavy atom. The van der Waals surface area contributed by atoms with Crippen LogP contribution in [0.5, 0.6) is 0 Å². The number of halogens is 1. The van der Waals surface area contributed by atoms with Crippen LogP contribution < -0.4 is 0 Å². The van der Waals surface area contributed by atoms with Gasteiger partial charge in [-0.2, -0.15) is 0 Å². The molecule has 1 aliphatic rings. The van der Waals surface area contributed by atoms with Gasteiger partial charge < -0.3 is 0 Å². The van der Waals surface area contributed by atoms with Gasteiger partial charge in [-0.3, -0.25) is 4.79 Å². The number of rotatable bonds is 3. The van der Waals surface area contributed by atoms with E-state index < -0.39 is 0 Å². The Bertz CT molecular complexity index is 692. The zero-order valence-corrected chi connectivity index (χ0v) is 14.1. The normalized spacial score (nSPS) is 13.3. The Balaban J connectivity index is 1.83. The van der Waals surface area contributed by atoms with E-state index in [9.17, 15) is 4.79 Å². The summed E-state index contributed by atoms with van der Waals surface area (Å²) in [7, 11) is 0. The number of carbonyl (C=O) groups is 1. The summed E-state index contributed by atoms with van der Waals surface area (Å²) in [5.41, 5.74) is 7.08. The van der Waals surface area contributed by atoms with Crippen LogP contribution in [-0.4, -0.2) is 5.78 Å². The van der Waals surface area contributed by atoms with Crippen molar-refractivity contribution in [2.24, 2.45) is 0 Å². The van der Waals surface area contributed by atoms with Crippen molar-refractivity contribution < 1.29 is 4.79 Å². The van der Waals surface area contributed by atoms with Crippen molar-refractivity contribution in [1.82, 2.24) is 0 Å². The van der Waals surface area contributed by atoms with Crippen LogP contribution >= 0.6 is 15.9 Å². The molecule has 0 N–H and O–H groups in total. The first-order valence-electron chi connectivity index (χ1n) is 7.45. The van der Waals surface area contributed by atoms with Gasteiger partial charge in [0.15, 0.2) is 5.78 Å². The maximum Gasteiger partial charge on any atom is 0.167 e. The minimum atomic E-state index is 0.201. The molecule has 0 amide bonds. The molecule has 0 fully saturated rings. The predicted molar refractivity (Wildman–Crippen MR) is 90.1 cm³/mol.